The molecule has 0 unspecified atom stereocenters. The third-order valence-corrected chi connectivity index (χ3v) is 2.80. The average molecular weight is 268 g/mol. The zero-order valence-corrected chi connectivity index (χ0v) is 11.5. The zero-order valence-electron chi connectivity index (χ0n) is 11.5. The number of carboxylic acids is 1. The Hall–Kier alpha value is -1.62. The van der Waals surface area contributed by atoms with Crippen molar-refractivity contribution in [2.45, 2.75) is 12.8 Å². The summed E-state index contributed by atoms with van der Waals surface area (Å²) in [4.78, 5) is 14.7. The number of hydrogen-bond acceptors (Lipinski definition) is 3. The average Bonchev–Trinajstić information content (AvgIpc) is 2.32. The van der Waals surface area contributed by atoms with E-state index in [2.05, 4.69) is 4.90 Å². The van der Waals surface area contributed by atoms with Gasteiger partial charge in [0.2, 0.25) is 0 Å². The van der Waals surface area contributed by atoms with Crippen LogP contribution in [0.2, 0.25) is 0 Å². The van der Waals surface area contributed by atoms with Crippen molar-refractivity contribution in [3.63, 3.8) is 0 Å². The highest BCUT2D eigenvalue weighted by molar-refractivity contribution is 5.67. The second-order valence-corrected chi connectivity index (χ2v) is 4.77. The molecule has 1 aromatic rings. The van der Waals surface area contributed by atoms with E-state index in [0.29, 0.717) is 6.54 Å². The van der Waals surface area contributed by atoms with E-state index in [9.17, 15) is 9.18 Å². The molecule has 0 aliphatic heterocycles. The van der Waals surface area contributed by atoms with Crippen LogP contribution in [0.1, 0.15) is 12.8 Å². The molecule has 0 saturated heterocycles. The van der Waals surface area contributed by atoms with E-state index in [1.165, 1.54) is 12.1 Å². The van der Waals surface area contributed by atoms with Gasteiger partial charge in [0.25, 0.3) is 0 Å². The predicted molar refractivity (Wildman–Crippen MR) is 74.0 cm³/mol. The molecular weight excluding hydrogens is 247 g/mol. The van der Waals surface area contributed by atoms with Gasteiger partial charge in [-0.05, 0) is 45.3 Å². The Morgan fingerprint density at radius 1 is 1.26 bits per heavy atom. The molecule has 0 fully saturated rings. The molecule has 0 bridgehead atoms. The van der Waals surface area contributed by atoms with Crippen LogP contribution in [0.5, 0.6) is 0 Å². The number of anilines is 1. The summed E-state index contributed by atoms with van der Waals surface area (Å²) >= 11 is 0. The summed E-state index contributed by atoms with van der Waals surface area (Å²) < 4.78 is 13.2. The molecule has 0 saturated carbocycles. The first kappa shape index (κ1) is 15.4. The highest BCUT2D eigenvalue weighted by atomic mass is 19.1. The van der Waals surface area contributed by atoms with Crippen molar-refractivity contribution >= 4 is 11.7 Å². The molecule has 0 aromatic heterocycles. The van der Waals surface area contributed by atoms with Gasteiger partial charge in [0.05, 0.1) is 6.42 Å². The van der Waals surface area contributed by atoms with E-state index >= 15 is 0 Å². The Kier molecular flexibility index (Phi) is 6.29. The van der Waals surface area contributed by atoms with Gasteiger partial charge in [-0.15, -0.1) is 0 Å². The highest BCUT2D eigenvalue weighted by Crippen LogP contribution is 2.16. The lowest BCUT2D eigenvalue weighted by Gasteiger charge is -2.25. The molecule has 0 aliphatic rings. The molecule has 106 valence electrons. The van der Waals surface area contributed by atoms with Crippen molar-refractivity contribution in [2.75, 3.05) is 38.6 Å². The SMILES string of the molecule is CN(C)CCCN(CCC(=O)O)c1cccc(F)c1. The van der Waals surface area contributed by atoms with Gasteiger partial charge in [0.15, 0.2) is 0 Å². The number of carbonyl (C=O) groups is 1. The summed E-state index contributed by atoms with van der Waals surface area (Å²) in [6.45, 7) is 2.03. The van der Waals surface area contributed by atoms with Crippen LogP contribution in [0.15, 0.2) is 24.3 Å². The van der Waals surface area contributed by atoms with Crippen molar-refractivity contribution < 1.29 is 14.3 Å². The summed E-state index contributed by atoms with van der Waals surface area (Å²) in [5.74, 6) is -1.14. The summed E-state index contributed by atoms with van der Waals surface area (Å²) in [5, 5.41) is 8.77. The Morgan fingerprint density at radius 2 is 2.00 bits per heavy atom. The summed E-state index contributed by atoms with van der Waals surface area (Å²) in [5.41, 5.74) is 0.736. The molecule has 0 radical (unpaired) electrons. The van der Waals surface area contributed by atoms with Crippen LogP contribution < -0.4 is 4.90 Å². The molecule has 19 heavy (non-hydrogen) atoms. The van der Waals surface area contributed by atoms with Crippen molar-refractivity contribution in [1.29, 1.82) is 0 Å². The first-order valence-corrected chi connectivity index (χ1v) is 6.36. The van der Waals surface area contributed by atoms with Gasteiger partial charge in [-0.1, -0.05) is 6.07 Å². The quantitative estimate of drug-likeness (QED) is 0.784. The lowest BCUT2D eigenvalue weighted by Crippen LogP contribution is -2.29. The smallest absolute Gasteiger partial charge is 0.305 e. The van der Waals surface area contributed by atoms with E-state index in [0.717, 1.165) is 25.2 Å². The van der Waals surface area contributed by atoms with Gasteiger partial charge in [0, 0.05) is 18.8 Å². The van der Waals surface area contributed by atoms with E-state index in [4.69, 9.17) is 5.11 Å². The minimum Gasteiger partial charge on any atom is -0.481 e. The second kappa shape index (κ2) is 7.74. The topological polar surface area (TPSA) is 43.8 Å². The molecule has 1 aromatic carbocycles. The fourth-order valence-electron chi connectivity index (χ4n) is 1.85. The minimum atomic E-state index is -0.839. The maximum Gasteiger partial charge on any atom is 0.305 e. The second-order valence-electron chi connectivity index (χ2n) is 4.77. The van der Waals surface area contributed by atoms with Gasteiger partial charge < -0.3 is 14.9 Å². The first-order chi connectivity index (χ1) is 8.99. The standard InChI is InChI=1S/C14H21FN2O2/c1-16(2)8-4-9-17(10-7-14(18)19)13-6-3-5-12(15)11-13/h3,5-6,11H,4,7-10H2,1-2H3,(H,18,19). The minimum absolute atomic E-state index is 0.0540. The highest BCUT2D eigenvalue weighted by Gasteiger charge is 2.09. The summed E-state index contributed by atoms with van der Waals surface area (Å²) in [6, 6.07) is 6.28. The number of hydrogen-bond donors (Lipinski definition) is 1. The molecular formula is C14H21FN2O2. The number of benzene rings is 1. The lowest BCUT2D eigenvalue weighted by molar-refractivity contribution is -0.136. The predicted octanol–water partition coefficient (Wildman–Crippen LogP) is 2.06. The van der Waals surface area contributed by atoms with E-state index in [1.54, 1.807) is 12.1 Å². The van der Waals surface area contributed by atoms with Gasteiger partial charge in [-0.3, -0.25) is 4.79 Å². The van der Waals surface area contributed by atoms with E-state index in [-0.39, 0.29) is 12.2 Å². The van der Waals surface area contributed by atoms with Crippen molar-refractivity contribution in [1.82, 2.24) is 4.90 Å². The number of rotatable bonds is 8. The van der Waals surface area contributed by atoms with Crippen LogP contribution in [-0.4, -0.2) is 49.7 Å². The van der Waals surface area contributed by atoms with Crippen molar-refractivity contribution in [3.8, 4) is 0 Å². The van der Waals surface area contributed by atoms with Crippen molar-refractivity contribution in [3.05, 3.63) is 30.1 Å². The number of nitrogens with zero attached hydrogens (tertiary/aromatic N) is 2. The third-order valence-electron chi connectivity index (χ3n) is 2.80. The van der Waals surface area contributed by atoms with Gasteiger partial charge in [-0.25, -0.2) is 4.39 Å². The normalized spacial score (nSPS) is 10.7. The molecule has 0 atom stereocenters. The van der Waals surface area contributed by atoms with Gasteiger partial charge in [0.1, 0.15) is 5.82 Å². The maximum atomic E-state index is 13.2. The molecule has 0 heterocycles. The van der Waals surface area contributed by atoms with Crippen LogP contribution in [0.25, 0.3) is 0 Å². The van der Waals surface area contributed by atoms with Gasteiger partial charge in [-0.2, -0.15) is 0 Å². The molecule has 4 nitrogen and oxygen atoms in total. The third kappa shape index (κ3) is 6.20. The van der Waals surface area contributed by atoms with Crippen LogP contribution >= 0.6 is 0 Å². The monoisotopic (exact) mass is 268 g/mol. The fourth-order valence-corrected chi connectivity index (χ4v) is 1.85. The molecule has 5 heteroatoms. The number of aliphatic carboxylic acids is 1. The summed E-state index contributed by atoms with van der Waals surface area (Å²) in [7, 11) is 3.98. The molecule has 0 aliphatic carbocycles. The largest absolute Gasteiger partial charge is 0.481 e. The van der Waals surface area contributed by atoms with Gasteiger partial charge >= 0.3 is 5.97 Å². The zero-order chi connectivity index (χ0) is 14.3. The van der Waals surface area contributed by atoms with E-state index < -0.39 is 5.97 Å². The Balaban J connectivity index is 2.65. The van der Waals surface area contributed by atoms with Crippen LogP contribution in [-0.2, 0) is 4.79 Å². The summed E-state index contributed by atoms with van der Waals surface area (Å²) in [6.07, 6.45) is 0.960. The fraction of sp³-hybridized carbons (Fsp3) is 0.500. The molecule has 0 spiro atoms. The van der Waals surface area contributed by atoms with Crippen LogP contribution in [0.4, 0.5) is 10.1 Å². The van der Waals surface area contributed by atoms with Crippen LogP contribution in [0.3, 0.4) is 0 Å². The van der Waals surface area contributed by atoms with Crippen molar-refractivity contribution in [2.24, 2.45) is 0 Å². The lowest BCUT2D eigenvalue weighted by atomic mass is 10.2. The maximum absolute atomic E-state index is 13.2. The molecule has 1 N–H and O–H groups in total. The first-order valence-electron chi connectivity index (χ1n) is 6.36. The van der Waals surface area contributed by atoms with Crippen LogP contribution in [0, 0.1) is 5.82 Å². The Morgan fingerprint density at radius 3 is 2.58 bits per heavy atom. The molecule has 1 rings (SSSR count). The Labute approximate surface area is 113 Å². The van der Waals surface area contributed by atoms with E-state index in [1.807, 2.05) is 19.0 Å². The number of halogens is 1. The number of carboxylic acid groups (broad SMARTS) is 1. The Bertz CT molecular complexity index is 410. The molecule has 0 amide bonds.